The van der Waals surface area contributed by atoms with Gasteiger partial charge in [0.25, 0.3) is 0 Å². The molecule has 32 heavy (non-hydrogen) atoms. The second kappa shape index (κ2) is 15.3. The van der Waals surface area contributed by atoms with Crippen molar-refractivity contribution in [1.82, 2.24) is 16.0 Å². The topological polar surface area (TPSA) is 231 Å². The molecule has 0 aliphatic rings. The Labute approximate surface area is 194 Å². The lowest BCUT2D eigenvalue weighted by atomic mass is 10.1. The largest absolute Gasteiger partial charge is 0.481 e. The average Bonchev–Trinajstić information content (AvgIpc) is 2.71. The molecule has 0 spiro atoms. The highest BCUT2D eigenvalue weighted by Gasteiger charge is 2.31. The molecule has 182 valence electrons. The number of carboxylic acid groups (broad SMARTS) is 2. The predicted molar refractivity (Wildman–Crippen MR) is 119 cm³/mol. The fourth-order valence-electron chi connectivity index (χ4n) is 2.35. The number of carbonyl (C=O) groups is 6. The van der Waals surface area contributed by atoms with Crippen molar-refractivity contribution in [2.24, 2.45) is 11.5 Å². The summed E-state index contributed by atoms with van der Waals surface area (Å²) in [5.74, 6) is -5.81. The third kappa shape index (κ3) is 11.8. The van der Waals surface area contributed by atoms with E-state index in [-0.39, 0.29) is 18.6 Å². The van der Waals surface area contributed by atoms with Gasteiger partial charge >= 0.3 is 11.9 Å². The fraction of sp³-hybridized carbons (Fsp3) is 0.647. The van der Waals surface area contributed by atoms with Gasteiger partial charge in [0.15, 0.2) is 0 Å². The number of nitrogens with two attached hydrogens (primary N) is 2. The van der Waals surface area contributed by atoms with Gasteiger partial charge in [-0.1, -0.05) is 0 Å². The molecular weight excluding hydrogens is 466 g/mol. The van der Waals surface area contributed by atoms with Crippen LogP contribution < -0.4 is 27.4 Å². The van der Waals surface area contributed by atoms with Gasteiger partial charge < -0.3 is 37.6 Å². The minimum atomic E-state index is -1.49. The first-order chi connectivity index (χ1) is 14.9. The molecule has 0 aliphatic carbocycles. The maximum absolute atomic E-state index is 12.6. The maximum atomic E-state index is 12.6. The van der Waals surface area contributed by atoms with Crippen molar-refractivity contribution in [1.29, 1.82) is 0 Å². The van der Waals surface area contributed by atoms with Crippen molar-refractivity contribution in [3.63, 3.8) is 0 Å². The van der Waals surface area contributed by atoms with Gasteiger partial charge in [0, 0.05) is 12.2 Å². The number of nitrogens with one attached hydrogen (secondary N) is 3. The summed E-state index contributed by atoms with van der Waals surface area (Å²) in [6.07, 6.45) is 0.357. The van der Waals surface area contributed by atoms with Crippen LogP contribution in [0.2, 0.25) is 0 Å². The monoisotopic (exact) mass is 495 g/mol. The summed E-state index contributed by atoms with van der Waals surface area (Å²) in [6, 6.07) is -5.27. The van der Waals surface area contributed by atoms with Gasteiger partial charge in [-0.05, 0) is 24.9 Å². The number of hydrogen-bond acceptors (Lipinski definition) is 9. The molecule has 0 aliphatic heterocycles. The van der Waals surface area contributed by atoms with Gasteiger partial charge in [0.2, 0.25) is 23.6 Å². The Balaban J connectivity index is 5.51. The zero-order valence-corrected chi connectivity index (χ0v) is 19.1. The van der Waals surface area contributed by atoms with Crippen LogP contribution >= 0.6 is 24.4 Å². The Hall–Kier alpha value is -2.52. The standard InChI is InChI=1S/C17H29N5O8S2/c1-32-5-4-10(17(29)30)21-15(27)9(2-3-13(24)25)20-16(28)11(6-12(19)23)22-14(26)8(18)7-31/h8-11,31H,2-7,18H2,1H3,(H2,19,23)(H,20,28)(H,21,27)(H,22,26)(H,24,25)(H,29,30). The number of hydrogen-bond donors (Lipinski definition) is 8. The van der Waals surface area contributed by atoms with Crippen molar-refractivity contribution in [3.05, 3.63) is 0 Å². The second-order valence-electron chi connectivity index (χ2n) is 6.70. The first kappa shape index (κ1) is 29.5. The van der Waals surface area contributed by atoms with E-state index in [9.17, 15) is 33.9 Å². The first-order valence-electron chi connectivity index (χ1n) is 9.42. The van der Waals surface area contributed by atoms with E-state index in [0.717, 1.165) is 0 Å². The normalized spacial score (nSPS) is 14.3. The van der Waals surface area contributed by atoms with Gasteiger partial charge in [-0.25, -0.2) is 4.79 Å². The van der Waals surface area contributed by atoms with Crippen LogP contribution in [-0.2, 0) is 28.8 Å². The molecule has 4 amide bonds. The molecule has 0 radical (unpaired) electrons. The summed E-state index contributed by atoms with van der Waals surface area (Å²) in [4.78, 5) is 70.8. The quantitative estimate of drug-likeness (QED) is 0.103. The summed E-state index contributed by atoms with van der Waals surface area (Å²) in [7, 11) is 0. The number of carboxylic acids is 2. The summed E-state index contributed by atoms with van der Waals surface area (Å²) in [5, 5.41) is 24.9. The highest BCUT2D eigenvalue weighted by molar-refractivity contribution is 7.98. The molecule has 4 atom stereocenters. The summed E-state index contributed by atoms with van der Waals surface area (Å²) in [6.45, 7) is 0. The number of primary amides is 1. The van der Waals surface area contributed by atoms with Crippen LogP contribution in [0.1, 0.15) is 25.7 Å². The average molecular weight is 496 g/mol. The Morgan fingerprint density at radius 2 is 1.44 bits per heavy atom. The third-order valence-electron chi connectivity index (χ3n) is 4.08. The minimum absolute atomic E-state index is 0.0486. The van der Waals surface area contributed by atoms with E-state index in [4.69, 9.17) is 16.6 Å². The van der Waals surface area contributed by atoms with E-state index < -0.39 is 72.6 Å². The van der Waals surface area contributed by atoms with Crippen molar-refractivity contribution < 1.29 is 39.0 Å². The molecule has 0 aromatic carbocycles. The lowest BCUT2D eigenvalue weighted by Crippen LogP contribution is -2.58. The van der Waals surface area contributed by atoms with E-state index in [0.29, 0.717) is 5.75 Å². The molecule has 13 nitrogen and oxygen atoms in total. The molecule has 0 heterocycles. The molecule has 0 aromatic rings. The number of carbonyl (C=O) groups excluding carboxylic acids is 4. The van der Waals surface area contributed by atoms with Gasteiger partial charge in [0.1, 0.15) is 18.1 Å². The van der Waals surface area contributed by atoms with Crippen molar-refractivity contribution in [2.75, 3.05) is 17.8 Å². The lowest BCUT2D eigenvalue weighted by Gasteiger charge is -2.24. The summed E-state index contributed by atoms with van der Waals surface area (Å²) >= 11 is 5.23. The number of thioether (sulfide) groups is 1. The van der Waals surface area contributed by atoms with E-state index >= 15 is 0 Å². The maximum Gasteiger partial charge on any atom is 0.326 e. The number of amides is 4. The van der Waals surface area contributed by atoms with Crippen LogP contribution in [0.4, 0.5) is 0 Å². The van der Waals surface area contributed by atoms with E-state index in [1.165, 1.54) is 11.8 Å². The molecular formula is C17H29N5O8S2. The van der Waals surface area contributed by atoms with Gasteiger partial charge in [-0.3, -0.25) is 24.0 Å². The second-order valence-corrected chi connectivity index (χ2v) is 8.05. The Morgan fingerprint density at radius 3 is 1.91 bits per heavy atom. The first-order valence-corrected chi connectivity index (χ1v) is 11.4. The third-order valence-corrected chi connectivity index (χ3v) is 5.11. The van der Waals surface area contributed by atoms with Crippen molar-refractivity contribution in [3.8, 4) is 0 Å². The zero-order valence-electron chi connectivity index (χ0n) is 17.4. The molecule has 0 fully saturated rings. The molecule has 0 bridgehead atoms. The van der Waals surface area contributed by atoms with Crippen LogP contribution in [-0.4, -0.2) is 87.7 Å². The van der Waals surface area contributed by atoms with E-state index in [1.807, 2.05) is 0 Å². The smallest absolute Gasteiger partial charge is 0.326 e. The summed E-state index contributed by atoms with van der Waals surface area (Å²) in [5.41, 5.74) is 10.6. The van der Waals surface area contributed by atoms with Crippen LogP contribution in [0.3, 0.4) is 0 Å². The van der Waals surface area contributed by atoms with Crippen LogP contribution in [0.5, 0.6) is 0 Å². The van der Waals surface area contributed by atoms with E-state index in [1.54, 1.807) is 6.26 Å². The number of rotatable bonds is 16. The molecule has 0 saturated carbocycles. The lowest BCUT2D eigenvalue weighted by molar-refractivity contribution is -0.143. The SMILES string of the molecule is CSCCC(NC(=O)C(CCC(=O)O)NC(=O)C(CC(N)=O)NC(=O)C(N)CS)C(=O)O. The summed E-state index contributed by atoms with van der Waals surface area (Å²) < 4.78 is 0. The highest BCUT2D eigenvalue weighted by atomic mass is 32.2. The molecule has 9 N–H and O–H groups in total. The minimum Gasteiger partial charge on any atom is -0.481 e. The van der Waals surface area contributed by atoms with Crippen LogP contribution in [0.15, 0.2) is 0 Å². The molecule has 4 unspecified atom stereocenters. The van der Waals surface area contributed by atoms with Gasteiger partial charge in [-0.15, -0.1) is 0 Å². The van der Waals surface area contributed by atoms with Gasteiger partial charge in [-0.2, -0.15) is 24.4 Å². The molecule has 15 heteroatoms. The Kier molecular flexibility index (Phi) is 14.1. The molecule has 0 aromatic heterocycles. The molecule has 0 rings (SSSR count). The zero-order chi connectivity index (χ0) is 24.8. The highest BCUT2D eigenvalue weighted by Crippen LogP contribution is 2.05. The van der Waals surface area contributed by atoms with Crippen LogP contribution in [0, 0.1) is 0 Å². The van der Waals surface area contributed by atoms with E-state index in [2.05, 4.69) is 28.6 Å². The van der Waals surface area contributed by atoms with Crippen LogP contribution in [0.25, 0.3) is 0 Å². The predicted octanol–water partition coefficient (Wildman–Crippen LogP) is -2.72. The molecule has 0 saturated heterocycles. The van der Waals surface area contributed by atoms with Crippen molar-refractivity contribution in [2.45, 2.75) is 49.9 Å². The fourth-order valence-corrected chi connectivity index (χ4v) is 2.98. The van der Waals surface area contributed by atoms with Crippen molar-refractivity contribution >= 4 is 60.0 Å². The Morgan fingerprint density at radius 1 is 0.906 bits per heavy atom. The number of thiol groups is 1. The number of aliphatic carboxylic acids is 2. The Bertz CT molecular complexity index is 708. The van der Waals surface area contributed by atoms with Gasteiger partial charge in [0.05, 0.1) is 12.5 Å².